The van der Waals surface area contributed by atoms with Crippen molar-refractivity contribution in [2.75, 3.05) is 23.3 Å². The monoisotopic (exact) mass is 456 g/mol. The van der Waals surface area contributed by atoms with Crippen LogP contribution in [0.25, 0.3) is 26.4 Å². The second-order valence-electron chi connectivity index (χ2n) is 8.03. The lowest BCUT2D eigenvalue weighted by atomic mass is 9.95. The van der Waals surface area contributed by atoms with Gasteiger partial charge < -0.3 is 10.2 Å². The lowest BCUT2D eigenvalue weighted by Crippen LogP contribution is -2.38. The smallest absolute Gasteiger partial charge is 0.227 e. The Morgan fingerprint density at radius 1 is 1.00 bits per heavy atom. The Morgan fingerprint density at radius 3 is 2.64 bits per heavy atom. The van der Waals surface area contributed by atoms with Crippen molar-refractivity contribution in [3.8, 4) is 10.6 Å². The van der Waals surface area contributed by atoms with Crippen LogP contribution in [0.2, 0.25) is 0 Å². The molecule has 0 atom stereocenters. The van der Waals surface area contributed by atoms with Crippen molar-refractivity contribution >= 4 is 44.6 Å². The molecule has 2 aromatic carbocycles. The highest BCUT2D eigenvalue weighted by Crippen LogP contribution is 2.31. The Morgan fingerprint density at radius 2 is 1.82 bits per heavy atom. The molecule has 9 nitrogen and oxygen atoms in total. The van der Waals surface area contributed by atoms with Crippen LogP contribution in [0.5, 0.6) is 0 Å². The van der Waals surface area contributed by atoms with Crippen LogP contribution in [0.4, 0.5) is 11.5 Å². The summed E-state index contributed by atoms with van der Waals surface area (Å²) >= 11 is 1.67. The molecular weight excluding hydrogens is 436 g/mol. The molecular formula is C23H20N8OS. The van der Waals surface area contributed by atoms with Crippen LogP contribution in [0.15, 0.2) is 60.7 Å². The molecule has 1 aliphatic rings. The minimum Gasteiger partial charge on any atom is -0.355 e. The van der Waals surface area contributed by atoms with Gasteiger partial charge in [-0.05, 0) is 71.8 Å². The first-order valence-electron chi connectivity index (χ1n) is 10.8. The average Bonchev–Trinajstić information content (AvgIpc) is 3.51. The van der Waals surface area contributed by atoms with E-state index in [1.54, 1.807) is 11.3 Å². The maximum absolute atomic E-state index is 12.8. The Kier molecular flexibility index (Phi) is 4.91. The molecule has 0 aliphatic carbocycles. The van der Waals surface area contributed by atoms with Crippen LogP contribution in [0.3, 0.4) is 0 Å². The number of carbonyl (C=O) groups excluding carboxylic acids is 1. The van der Waals surface area contributed by atoms with Gasteiger partial charge in [0.2, 0.25) is 5.91 Å². The Balaban J connectivity index is 1.08. The van der Waals surface area contributed by atoms with Crippen LogP contribution in [-0.4, -0.2) is 49.2 Å². The van der Waals surface area contributed by atoms with Gasteiger partial charge in [-0.2, -0.15) is 0 Å². The standard InChI is InChI=1S/C23H20N8OS/c32-22(15-11-13-30(14-12-15)21-10-9-20-26-28-29-31(20)27-21)24-17-7-5-16(6-8-17)23-25-18-3-1-2-4-19(18)33-23/h1-10,15H,11-14H2,(H,24,32). The Bertz CT molecular complexity index is 1400. The van der Waals surface area contributed by atoms with Crippen molar-refractivity contribution in [2.45, 2.75) is 12.8 Å². The minimum absolute atomic E-state index is 0.0260. The predicted molar refractivity (Wildman–Crippen MR) is 127 cm³/mol. The zero-order valence-electron chi connectivity index (χ0n) is 17.6. The molecule has 10 heteroatoms. The van der Waals surface area contributed by atoms with Crippen molar-refractivity contribution in [1.82, 2.24) is 30.2 Å². The second-order valence-corrected chi connectivity index (χ2v) is 9.06. The topological polar surface area (TPSA) is 101 Å². The number of aromatic nitrogens is 6. The van der Waals surface area contributed by atoms with Crippen molar-refractivity contribution in [1.29, 1.82) is 0 Å². The summed E-state index contributed by atoms with van der Waals surface area (Å²) in [4.78, 5) is 19.7. The molecule has 5 aromatic rings. The molecule has 0 bridgehead atoms. The number of rotatable bonds is 4. The summed E-state index contributed by atoms with van der Waals surface area (Å²) < 4.78 is 2.59. The van der Waals surface area contributed by atoms with E-state index >= 15 is 0 Å². The highest BCUT2D eigenvalue weighted by atomic mass is 32.1. The van der Waals surface area contributed by atoms with E-state index in [4.69, 9.17) is 4.98 Å². The lowest BCUT2D eigenvalue weighted by molar-refractivity contribution is -0.120. The van der Waals surface area contributed by atoms with Crippen LogP contribution in [0, 0.1) is 5.92 Å². The van der Waals surface area contributed by atoms with Crippen molar-refractivity contribution < 1.29 is 4.79 Å². The molecule has 0 spiro atoms. The van der Waals surface area contributed by atoms with Gasteiger partial charge in [-0.3, -0.25) is 4.79 Å². The van der Waals surface area contributed by atoms with E-state index in [1.165, 1.54) is 9.33 Å². The highest BCUT2D eigenvalue weighted by molar-refractivity contribution is 7.21. The van der Waals surface area contributed by atoms with Crippen LogP contribution < -0.4 is 10.2 Å². The number of carbonyl (C=O) groups is 1. The molecule has 164 valence electrons. The Labute approximate surface area is 193 Å². The summed E-state index contributed by atoms with van der Waals surface area (Å²) in [6.07, 6.45) is 1.54. The number of tetrazole rings is 1. The number of nitrogens with one attached hydrogen (secondary N) is 1. The first kappa shape index (κ1) is 19.7. The molecule has 1 amide bonds. The van der Waals surface area contributed by atoms with Crippen molar-refractivity contribution in [2.24, 2.45) is 5.92 Å². The average molecular weight is 457 g/mol. The van der Waals surface area contributed by atoms with Gasteiger partial charge in [0.1, 0.15) is 5.01 Å². The molecule has 0 unspecified atom stereocenters. The molecule has 4 heterocycles. The minimum atomic E-state index is -0.0260. The number of thiazole rings is 1. The molecule has 0 saturated carbocycles. The number of nitrogens with zero attached hydrogens (tertiary/aromatic N) is 7. The first-order chi connectivity index (χ1) is 16.2. The van der Waals surface area contributed by atoms with Gasteiger partial charge in [0.25, 0.3) is 0 Å². The molecule has 3 aromatic heterocycles. The molecule has 1 saturated heterocycles. The van der Waals surface area contributed by atoms with Gasteiger partial charge in [-0.15, -0.1) is 26.2 Å². The lowest BCUT2D eigenvalue weighted by Gasteiger charge is -2.31. The van der Waals surface area contributed by atoms with Gasteiger partial charge in [-0.25, -0.2) is 4.98 Å². The molecule has 33 heavy (non-hydrogen) atoms. The zero-order chi connectivity index (χ0) is 22.2. The van der Waals surface area contributed by atoms with E-state index < -0.39 is 0 Å². The van der Waals surface area contributed by atoms with Crippen LogP contribution in [-0.2, 0) is 4.79 Å². The molecule has 0 radical (unpaired) electrons. The number of amides is 1. The molecule has 1 N–H and O–H groups in total. The molecule has 1 fully saturated rings. The number of fused-ring (bicyclic) bond motifs is 2. The van der Waals surface area contributed by atoms with E-state index in [9.17, 15) is 4.79 Å². The normalized spacial score (nSPS) is 14.7. The van der Waals surface area contributed by atoms with Gasteiger partial charge in [0.05, 0.1) is 10.2 Å². The maximum atomic E-state index is 12.8. The summed E-state index contributed by atoms with van der Waals surface area (Å²) in [5.41, 5.74) is 3.48. The van der Waals surface area contributed by atoms with Gasteiger partial charge in [0.15, 0.2) is 11.5 Å². The largest absolute Gasteiger partial charge is 0.355 e. The Hall–Kier alpha value is -3.92. The van der Waals surface area contributed by atoms with E-state index in [1.807, 2.05) is 54.6 Å². The quantitative estimate of drug-likeness (QED) is 0.440. The predicted octanol–water partition coefficient (Wildman–Crippen LogP) is 3.65. The van der Waals surface area contributed by atoms with E-state index in [-0.39, 0.29) is 11.8 Å². The maximum Gasteiger partial charge on any atom is 0.227 e. The van der Waals surface area contributed by atoms with Gasteiger partial charge >= 0.3 is 0 Å². The number of para-hydroxylation sites is 1. The summed E-state index contributed by atoms with van der Waals surface area (Å²) in [5, 5.41) is 19.8. The summed E-state index contributed by atoms with van der Waals surface area (Å²) in [7, 11) is 0. The van der Waals surface area contributed by atoms with Crippen LogP contribution >= 0.6 is 11.3 Å². The first-order valence-corrected chi connectivity index (χ1v) is 11.6. The third kappa shape index (κ3) is 3.89. The van der Waals surface area contributed by atoms with Crippen LogP contribution in [0.1, 0.15) is 12.8 Å². The number of hydrogen-bond acceptors (Lipinski definition) is 8. The van der Waals surface area contributed by atoms with Crippen molar-refractivity contribution in [3.63, 3.8) is 0 Å². The van der Waals surface area contributed by atoms with Gasteiger partial charge in [-0.1, -0.05) is 12.1 Å². The summed E-state index contributed by atoms with van der Waals surface area (Å²) in [6.45, 7) is 1.52. The van der Waals surface area contributed by atoms with Crippen molar-refractivity contribution in [3.05, 3.63) is 60.7 Å². The number of piperidine rings is 1. The number of hydrogen-bond donors (Lipinski definition) is 1. The number of anilines is 2. The third-order valence-corrected chi connectivity index (χ3v) is 7.02. The molecule has 6 rings (SSSR count). The second kappa shape index (κ2) is 8.21. The van der Waals surface area contributed by atoms with Gasteiger partial charge in [0, 0.05) is 30.3 Å². The zero-order valence-corrected chi connectivity index (χ0v) is 18.4. The fourth-order valence-corrected chi connectivity index (χ4v) is 5.09. The SMILES string of the molecule is O=C(Nc1ccc(-c2nc3ccccc3s2)cc1)C1CCN(c2ccc3nnnn3n2)CC1. The summed E-state index contributed by atoms with van der Waals surface area (Å²) in [5.74, 6) is 0.854. The number of benzene rings is 2. The molecule has 1 aliphatic heterocycles. The third-order valence-electron chi connectivity index (χ3n) is 5.94. The summed E-state index contributed by atoms with van der Waals surface area (Å²) in [6, 6.07) is 19.8. The van der Waals surface area contributed by atoms with E-state index in [0.29, 0.717) is 5.65 Å². The fraction of sp³-hybridized carbons (Fsp3) is 0.217. The van der Waals surface area contributed by atoms with E-state index in [2.05, 4.69) is 36.9 Å². The fourth-order valence-electron chi connectivity index (χ4n) is 4.12. The highest BCUT2D eigenvalue weighted by Gasteiger charge is 2.26. The van der Waals surface area contributed by atoms with E-state index in [0.717, 1.165) is 53.5 Å².